The molecule has 156 valence electrons. The third-order valence-corrected chi connectivity index (χ3v) is 5.29. The summed E-state index contributed by atoms with van der Waals surface area (Å²) in [4.78, 5) is 18.8. The highest BCUT2D eigenvalue weighted by Gasteiger charge is 2.18. The smallest absolute Gasteiger partial charge is 0.255 e. The summed E-state index contributed by atoms with van der Waals surface area (Å²) in [6.45, 7) is 2.90. The van der Waals surface area contributed by atoms with Gasteiger partial charge in [-0.15, -0.1) is 0 Å². The Hall–Kier alpha value is -1.98. The van der Waals surface area contributed by atoms with E-state index in [4.69, 9.17) is 51.1 Å². The fraction of sp³-hybridized carbons (Fsp3) is 0.182. The molecule has 1 aromatic heterocycles. The molecule has 3 aromatic rings. The number of carbonyl (C=O) groups is 1. The summed E-state index contributed by atoms with van der Waals surface area (Å²) in [5, 5.41) is 1.43. The Bertz CT molecular complexity index is 1020. The Labute approximate surface area is 195 Å². The molecule has 0 spiro atoms. The van der Waals surface area contributed by atoms with Crippen molar-refractivity contribution in [3.05, 3.63) is 91.6 Å². The van der Waals surface area contributed by atoms with Crippen molar-refractivity contribution in [3.63, 3.8) is 0 Å². The van der Waals surface area contributed by atoms with Crippen molar-refractivity contribution >= 4 is 52.3 Å². The lowest BCUT2D eigenvalue weighted by atomic mass is 10.1. The molecule has 2 aromatic carbocycles. The molecule has 30 heavy (non-hydrogen) atoms. The molecule has 4 nitrogen and oxygen atoms in total. The minimum absolute atomic E-state index is 0.187. The van der Waals surface area contributed by atoms with Gasteiger partial charge in [-0.05, 0) is 30.7 Å². The second-order valence-electron chi connectivity index (χ2n) is 6.65. The maximum absolute atomic E-state index is 13.1. The third-order valence-electron chi connectivity index (χ3n) is 4.30. The van der Waals surface area contributed by atoms with Crippen LogP contribution < -0.4 is 4.74 Å². The number of rotatable bonds is 7. The van der Waals surface area contributed by atoms with Crippen molar-refractivity contribution in [1.29, 1.82) is 0 Å². The number of aryl methyl sites for hydroxylation is 1. The molecule has 8 heteroatoms. The van der Waals surface area contributed by atoms with Crippen molar-refractivity contribution in [2.75, 3.05) is 13.2 Å². The molecule has 0 N–H and O–H groups in total. The van der Waals surface area contributed by atoms with Crippen LogP contribution in [0.5, 0.6) is 5.75 Å². The lowest BCUT2D eigenvalue weighted by Crippen LogP contribution is -2.34. The van der Waals surface area contributed by atoms with Crippen LogP contribution in [0, 0.1) is 6.92 Å². The molecule has 0 radical (unpaired) electrons. The van der Waals surface area contributed by atoms with Gasteiger partial charge in [0.2, 0.25) is 0 Å². The van der Waals surface area contributed by atoms with Gasteiger partial charge < -0.3 is 9.64 Å². The zero-order chi connectivity index (χ0) is 21.7. The van der Waals surface area contributed by atoms with E-state index < -0.39 is 0 Å². The molecule has 0 fully saturated rings. The Morgan fingerprint density at radius 1 is 0.967 bits per heavy atom. The first-order valence-electron chi connectivity index (χ1n) is 9.06. The van der Waals surface area contributed by atoms with E-state index in [1.807, 2.05) is 31.2 Å². The number of hydrogen-bond donors (Lipinski definition) is 0. The molecule has 0 bridgehead atoms. The fourth-order valence-corrected chi connectivity index (χ4v) is 3.90. The van der Waals surface area contributed by atoms with Gasteiger partial charge in [0.15, 0.2) is 5.75 Å². The summed E-state index contributed by atoms with van der Waals surface area (Å²) in [7, 11) is 0. The minimum atomic E-state index is -0.206. The zero-order valence-electron chi connectivity index (χ0n) is 16.0. The number of pyridine rings is 1. The van der Waals surface area contributed by atoms with Gasteiger partial charge in [0.05, 0.1) is 27.2 Å². The maximum atomic E-state index is 13.1. The van der Waals surface area contributed by atoms with E-state index in [0.717, 1.165) is 11.1 Å². The normalized spacial score (nSPS) is 10.7. The summed E-state index contributed by atoms with van der Waals surface area (Å²) >= 11 is 24.3. The topological polar surface area (TPSA) is 42.4 Å². The van der Waals surface area contributed by atoms with Crippen molar-refractivity contribution in [1.82, 2.24) is 9.88 Å². The first-order chi connectivity index (χ1) is 14.3. The van der Waals surface area contributed by atoms with Crippen molar-refractivity contribution in [2.45, 2.75) is 13.5 Å². The lowest BCUT2D eigenvalue weighted by Gasteiger charge is -2.23. The number of halogens is 4. The van der Waals surface area contributed by atoms with E-state index in [2.05, 4.69) is 4.98 Å². The standard InChI is InChI=1S/C22H18Cl4N2O2/c1-14-2-4-15(5-3-14)13-28(22(29)16-8-18(24)12-27-11-16)6-7-30-21-19(25)9-17(23)10-20(21)26/h2-5,8-12H,6-7,13H2,1H3. The third kappa shape index (κ3) is 6.02. The molecule has 0 aliphatic carbocycles. The summed E-state index contributed by atoms with van der Waals surface area (Å²) in [5.74, 6) is 0.123. The molecule has 3 rings (SSSR count). The number of hydrogen-bond acceptors (Lipinski definition) is 3. The van der Waals surface area contributed by atoms with Gasteiger partial charge in [-0.25, -0.2) is 0 Å². The number of ether oxygens (including phenoxy) is 1. The van der Waals surface area contributed by atoms with Gasteiger partial charge in [-0.2, -0.15) is 0 Å². The predicted octanol–water partition coefficient (Wildman–Crippen LogP) is 6.73. The molecule has 0 saturated carbocycles. The van der Waals surface area contributed by atoms with Gasteiger partial charge in [0.1, 0.15) is 6.61 Å². The SMILES string of the molecule is Cc1ccc(CN(CCOc2c(Cl)cc(Cl)cc2Cl)C(=O)c2cncc(Cl)c2)cc1. The summed E-state index contributed by atoms with van der Waals surface area (Å²) in [5.41, 5.74) is 2.54. The van der Waals surface area contributed by atoms with Crippen molar-refractivity contribution < 1.29 is 9.53 Å². The van der Waals surface area contributed by atoms with Crippen molar-refractivity contribution in [3.8, 4) is 5.75 Å². The number of amides is 1. The Kier molecular flexibility index (Phi) is 7.84. The molecule has 1 heterocycles. The van der Waals surface area contributed by atoms with Gasteiger partial charge in [0, 0.05) is 24.0 Å². The van der Waals surface area contributed by atoms with E-state index in [1.54, 1.807) is 23.1 Å². The van der Waals surface area contributed by atoms with E-state index >= 15 is 0 Å². The minimum Gasteiger partial charge on any atom is -0.489 e. The van der Waals surface area contributed by atoms with Crippen LogP contribution in [0.2, 0.25) is 20.1 Å². The van der Waals surface area contributed by atoms with Crippen LogP contribution in [0.15, 0.2) is 54.9 Å². The average molecular weight is 484 g/mol. The van der Waals surface area contributed by atoms with Crippen LogP contribution in [0.1, 0.15) is 21.5 Å². The van der Waals surface area contributed by atoms with E-state index in [0.29, 0.717) is 44.5 Å². The largest absolute Gasteiger partial charge is 0.489 e. The number of benzene rings is 2. The average Bonchev–Trinajstić information content (AvgIpc) is 2.70. The second-order valence-corrected chi connectivity index (χ2v) is 8.34. The molecule has 1 amide bonds. The fourth-order valence-electron chi connectivity index (χ4n) is 2.80. The first-order valence-corrected chi connectivity index (χ1v) is 10.6. The Morgan fingerprint density at radius 3 is 2.27 bits per heavy atom. The lowest BCUT2D eigenvalue weighted by molar-refractivity contribution is 0.0716. The highest BCUT2D eigenvalue weighted by atomic mass is 35.5. The summed E-state index contributed by atoms with van der Waals surface area (Å²) < 4.78 is 5.76. The number of carbonyl (C=O) groups excluding carboxylic acids is 1. The molecule has 0 atom stereocenters. The molecule has 0 aliphatic rings. The van der Waals surface area contributed by atoms with Gasteiger partial charge in [0.25, 0.3) is 5.91 Å². The van der Waals surface area contributed by atoms with Gasteiger partial charge >= 0.3 is 0 Å². The highest BCUT2D eigenvalue weighted by molar-refractivity contribution is 6.40. The van der Waals surface area contributed by atoms with Crippen LogP contribution in [0.4, 0.5) is 0 Å². The van der Waals surface area contributed by atoms with E-state index in [1.165, 1.54) is 12.4 Å². The van der Waals surface area contributed by atoms with Gasteiger partial charge in [-0.3, -0.25) is 9.78 Å². The highest BCUT2D eigenvalue weighted by Crippen LogP contribution is 2.35. The zero-order valence-corrected chi connectivity index (χ0v) is 19.1. The first kappa shape index (κ1) is 22.7. The van der Waals surface area contributed by atoms with Gasteiger partial charge in [-0.1, -0.05) is 76.2 Å². The molecular formula is C22H18Cl4N2O2. The van der Waals surface area contributed by atoms with Crippen LogP contribution in [-0.2, 0) is 6.54 Å². The molecule has 0 aliphatic heterocycles. The second kappa shape index (κ2) is 10.4. The monoisotopic (exact) mass is 482 g/mol. The van der Waals surface area contributed by atoms with Crippen molar-refractivity contribution in [2.24, 2.45) is 0 Å². The maximum Gasteiger partial charge on any atom is 0.255 e. The molecular weight excluding hydrogens is 466 g/mol. The molecule has 0 saturated heterocycles. The van der Waals surface area contributed by atoms with Crippen LogP contribution >= 0.6 is 46.4 Å². The van der Waals surface area contributed by atoms with Crippen LogP contribution in [-0.4, -0.2) is 28.9 Å². The molecule has 0 unspecified atom stereocenters. The number of nitrogens with zero attached hydrogens (tertiary/aromatic N) is 2. The quantitative estimate of drug-likeness (QED) is 0.374. The van der Waals surface area contributed by atoms with E-state index in [-0.39, 0.29) is 12.5 Å². The summed E-state index contributed by atoms with van der Waals surface area (Å²) in [6, 6.07) is 12.7. The summed E-state index contributed by atoms with van der Waals surface area (Å²) in [6.07, 6.45) is 2.97. The van der Waals surface area contributed by atoms with Crippen LogP contribution in [0.25, 0.3) is 0 Å². The van der Waals surface area contributed by atoms with E-state index in [9.17, 15) is 4.79 Å². The predicted molar refractivity (Wildman–Crippen MR) is 122 cm³/mol. The Balaban J connectivity index is 1.77. The number of aromatic nitrogens is 1. The van der Waals surface area contributed by atoms with Crippen LogP contribution in [0.3, 0.4) is 0 Å². The Morgan fingerprint density at radius 2 is 1.63 bits per heavy atom.